The lowest BCUT2D eigenvalue weighted by atomic mass is 10.0. The van der Waals surface area contributed by atoms with Crippen molar-refractivity contribution in [3.8, 4) is 0 Å². The Morgan fingerprint density at radius 3 is 1.73 bits per heavy atom. The minimum atomic E-state index is -4.77. The highest BCUT2D eigenvalue weighted by Crippen LogP contribution is 2.36. The van der Waals surface area contributed by atoms with Gasteiger partial charge in [-0.05, 0) is 44.9 Å². The molecule has 1 saturated heterocycles. The second kappa shape index (κ2) is 32.8. The zero-order valence-electron chi connectivity index (χ0n) is 32.2. The van der Waals surface area contributed by atoms with Gasteiger partial charge < -0.3 is 24.0 Å². The Morgan fingerprint density at radius 2 is 1.14 bits per heavy atom. The van der Waals surface area contributed by atoms with E-state index in [4.69, 9.17) is 24.0 Å². The van der Waals surface area contributed by atoms with Gasteiger partial charge in [-0.3, -0.25) is 14.1 Å². The van der Waals surface area contributed by atoms with Crippen LogP contribution in [0.1, 0.15) is 181 Å². The van der Waals surface area contributed by atoms with E-state index >= 15 is 0 Å². The molecule has 0 aromatic carbocycles. The summed E-state index contributed by atoms with van der Waals surface area (Å²) in [5.74, 6) is -0.951. The molecule has 296 valence electrons. The molecule has 1 aliphatic heterocycles. The highest BCUT2D eigenvalue weighted by molar-refractivity contribution is 7.46. The van der Waals surface area contributed by atoms with Crippen molar-refractivity contribution in [1.29, 1.82) is 0 Å². The largest absolute Gasteiger partial charge is 0.469 e. The first kappa shape index (κ1) is 47.3. The number of unbranched alkanes of at least 4 members (excludes halogenated alkanes) is 17. The number of carbonyl (C=O) groups is 2. The van der Waals surface area contributed by atoms with Crippen molar-refractivity contribution in [2.45, 2.75) is 199 Å². The Morgan fingerprint density at radius 1 is 0.627 bits per heavy atom. The van der Waals surface area contributed by atoms with E-state index in [1.54, 1.807) is 0 Å². The lowest BCUT2D eigenvalue weighted by Gasteiger charge is -2.18. The van der Waals surface area contributed by atoms with Gasteiger partial charge in [0.25, 0.3) is 0 Å². The maximum Gasteiger partial charge on any atom is 0.469 e. The van der Waals surface area contributed by atoms with Crippen molar-refractivity contribution >= 4 is 19.8 Å². The Labute approximate surface area is 310 Å². The molecule has 0 amide bonds. The third-order valence-corrected chi connectivity index (χ3v) is 9.57. The Kier molecular flexibility index (Phi) is 30.4. The molecule has 0 aliphatic carbocycles. The van der Waals surface area contributed by atoms with E-state index < -0.39 is 32.5 Å². The first-order valence-electron chi connectivity index (χ1n) is 20.4. The van der Waals surface area contributed by atoms with Crippen molar-refractivity contribution in [2.24, 2.45) is 0 Å². The molecule has 1 rings (SSSR count). The average Bonchev–Trinajstić information content (AvgIpc) is 3.85. The molecule has 3 atom stereocenters. The molecule has 0 radical (unpaired) electrons. The SMILES string of the molecule is CCCCCCCCCCCCCCCCCC(=O)OC[C@H](COP(=O)(O)O)OC(=O)CCC/C=C\C/C=C\C/C=C\CC1OC1CCCCC. The van der Waals surface area contributed by atoms with Gasteiger partial charge in [-0.15, -0.1) is 0 Å². The molecule has 51 heavy (non-hydrogen) atoms. The third kappa shape index (κ3) is 32.6. The monoisotopic (exact) mass is 740 g/mol. The normalized spacial score (nSPS) is 16.8. The molecule has 0 saturated carbocycles. The van der Waals surface area contributed by atoms with Crippen LogP contribution in [0.3, 0.4) is 0 Å². The van der Waals surface area contributed by atoms with Crippen LogP contribution in [0.4, 0.5) is 0 Å². The number of carbonyl (C=O) groups excluding carboxylic acids is 2. The number of phosphoric acid groups is 1. The lowest BCUT2D eigenvalue weighted by molar-refractivity contribution is -0.161. The molecule has 0 spiro atoms. The summed E-state index contributed by atoms with van der Waals surface area (Å²) in [5, 5.41) is 0. The molecule has 0 aromatic rings. The van der Waals surface area contributed by atoms with E-state index in [-0.39, 0.29) is 19.4 Å². The number of phosphoric ester groups is 1. The number of ether oxygens (including phenoxy) is 3. The smallest absolute Gasteiger partial charge is 0.462 e. The van der Waals surface area contributed by atoms with Crippen LogP contribution < -0.4 is 0 Å². The fourth-order valence-electron chi connectivity index (χ4n) is 5.93. The van der Waals surface area contributed by atoms with Crippen LogP contribution in [0.5, 0.6) is 0 Å². The second-order valence-corrected chi connectivity index (χ2v) is 15.2. The van der Waals surface area contributed by atoms with Gasteiger partial charge in [0.1, 0.15) is 6.61 Å². The average molecular weight is 741 g/mol. The zero-order valence-corrected chi connectivity index (χ0v) is 33.1. The molecule has 2 N–H and O–H groups in total. The molecule has 1 fully saturated rings. The minimum Gasteiger partial charge on any atom is -0.462 e. The second-order valence-electron chi connectivity index (χ2n) is 14.0. The highest BCUT2D eigenvalue weighted by Gasteiger charge is 2.36. The lowest BCUT2D eigenvalue weighted by Crippen LogP contribution is -2.29. The van der Waals surface area contributed by atoms with E-state index in [0.29, 0.717) is 25.0 Å². The molecule has 0 bridgehead atoms. The molecule has 0 aromatic heterocycles. The van der Waals surface area contributed by atoms with Crippen LogP contribution in [0.2, 0.25) is 0 Å². The van der Waals surface area contributed by atoms with Crippen LogP contribution in [0.25, 0.3) is 0 Å². The molecule has 1 heterocycles. The maximum absolute atomic E-state index is 12.4. The summed E-state index contributed by atoms with van der Waals surface area (Å²) in [6, 6.07) is 0. The van der Waals surface area contributed by atoms with Gasteiger partial charge in [-0.2, -0.15) is 0 Å². The van der Waals surface area contributed by atoms with Crippen LogP contribution >= 0.6 is 7.82 Å². The Bertz CT molecular complexity index is 990. The number of rotatable bonds is 36. The molecule has 10 heteroatoms. The number of hydrogen-bond acceptors (Lipinski definition) is 7. The molecule has 2 unspecified atom stereocenters. The Hall–Kier alpha value is -1.77. The van der Waals surface area contributed by atoms with Crippen LogP contribution in [-0.4, -0.2) is 53.3 Å². The van der Waals surface area contributed by atoms with Crippen molar-refractivity contribution in [3.63, 3.8) is 0 Å². The number of allylic oxidation sites excluding steroid dienone is 5. The first-order valence-corrected chi connectivity index (χ1v) is 21.9. The summed E-state index contributed by atoms with van der Waals surface area (Å²) in [5.41, 5.74) is 0. The predicted octanol–water partition coefficient (Wildman–Crippen LogP) is 11.2. The van der Waals surface area contributed by atoms with Crippen LogP contribution in [0, 0.1) is 0 Å². The number of esters is 2. The summed E-state index contributed by atoms with van der Waals surface area (Å²) >= 11 is 0. The van der Waals surface area contributed by atoms with E-state index in [1.165, 1.54) is 103 Å². The van der Waals surface area contributed by atoms with Crippen LogP contribution in [0.15, 0.2) is 36.5 Å². The van der Waals surface area contributed by atoms with Gasteiger partial charge in [-0.25, -0.2) is 4.57 Å². The van der Waals surface area contributed by atoms with E-state index in [2.05, 4.69) is 48.8 Å². The summed E-state index contributed by atoms with van der Waals surface area (Å²) in [6.07, 6.45) is 40.4. The summed E-state index contributed by atoms with van der Waals surface area (Å²) in [7, 11) is -4.77. The maximum atomic E-state index is 12.4. The predicted molar refractivity (Wildman–Crippen MR) is 206 cm³/mol. The van der Waals surface area contributed by atoms with E-state index in [1.807, 2.05) is 6.08 Å². The van der Waals surface area contributed by atoms with Gasteiger partial charge in [-0.1, -0.05) is 159 Å². The number of epoxide rings is 1. The third-order valence-electron chi connectivity index (χ3n) is 9.09. The molecule has 1 aliphatic rings. The molecular formula is C41H73O9P. The van der Waals surface area contributed by atoms with Gasteiger partial charge in [0.15, 0.2) is 6.10 Å². The zero-order chi connectivity index (χ0) is 37.3. The highest BCUT2D eigenvalue weighted by atomic mass is 31.2. The van der Waals surface area contributed by atoms with E-state index in [0.717, 1.165) is 38.5 Å². The first-order chi connectivity index (χ1) is 24.7. The van der Waals surface area contributed by atoms with Gasteiger partial charge >= 0.3 is 19.8 Å². The topological polar surface area (TPSA) is 132 Å². The summed E-state index contributed by atoms with van der Waals surface area (Å²) in [6.45, 7) is 3.61. The van der Waals surface area contributed by atoms with E-state index in [9.17, 15) is 14.2 Å². The minimum absolute atomic E-state index is 0.134. The van der Waals surface area contributed by atoms with Crippen molar-refractivity contribution in [2.75, 3.05) is 13.2 Å². The Balaban J connectivity index is 2.10. The van der Waals surface area contributed by atoms with Gasteiger partial charge in [0.2, 0.25) is 0 Å². The molecular weight excluding hydrogens is 667 g/mol. The fourth-order valence-corrected chi connectivity index (χ4v) is 6.29. The fraction of sp³-hybridized carbons (Fsp3) is 0.805. The molecule has 9 nitrogen and oxygen atoms in total. The standard InChI is InChI=1S/C41H73O9P/c1-3-5-7-8-9-10-11-12-13-14-15-19-22-25-29-33-40(42)47-35-37(36-48-51(44,45)46)49-41(43)34-30-26-23-20-17-16-18-21-24-28-32-39-38(50-39)31-27-6-4-2/h16,18,20,23-24,28,37-39H,3-15,17,19,21-22,25-27,29-36H2,1-2H3,(H2,44,45,46)/b18-16-,23-20-,28-24-/t37-,38?,39?/m1/s1. The quantitative estimate of drug-likeness (QED) is 0.0212. The van der Waals surface area contributed by atoms with Gasteiger partial charge in [0, 0.05) is 12.8 Å². The van der Waals surface area contributed by atoms with Crippen molar-refractivity contribution < 1.29 is 42.7 Å². The van der Waals surface area contributed by atoms with Gasteiger partial charge in [0.05, 0.1) is 18.8 Å². The summed E-state index contributed by atoms with van der Waals surface area (Å²) < 4.78 is 32.0. The summed E-state index contributed by atoms with van der Waals surface area (Å²) in [4.78, 5) is 42.8. The van der Waals surface area contributed by atoms with Crippen molar-refractivity contribution in [1.82, 2.24) is 0 Å². The number of hydrogen-bond donors (Lipinski definition) is 2. The van der Waals surface area contributed by atoms with Crippen LogP contribution in [-0.2, 0) is 32.9 Å². The van der Waals surface area contributed by atoms with Crippen molar-refractivity contribution in [3.05, 3.63) is 36.5 Å².